The third-order valence-corrected chi connectivity index (χ3v) is 4.12. The molecule has 0 unspecified atom stereocenters. The summed E-state index contributed by atoms with van der Waals surface area (Å²) in [4.78, 5) is 5.61. The van der Waals surface area contributed by atoms with Gasteiger partial charge in [0.2, 0.25) is 0 Å². The van der Waals surface area contributed by atoms with E-state index in [1.807, 2.05) is 12.3 Å². The van der Waals surface area contributed by atoms with Crippen LogP contribution in [-0.4, -0.2) is 4.98 Å². The number of anilines is 1. The van der Waals surface area contributed by atoms with Crippen LogP contribution < -0.4 is 4.72 Å². The second-order valence-corrected chi connectivity index (χ2v) is 5.70. The van der Waals surface area contributed by atoms with Crippen LogP contribution in [0.2, 0.25) is 0 Å². The van der Waals surface area contributed by atoms with Gasteiger partial charge in [-0.1, -0.05) is 35.9 Å². The molecule has 1 heterocycles. The normalized spacial score (nSPS) is 10.7. The zero-order valence-electron chi connectivity index (χ0n) is 11.6. The van der Waals surface area contributed by atoms with Crippen LogP contribution in [0.1, 0.15) is 11.1 Å². The molecule has 20 heavy (non-hydrogen) atoms. The quantitative estimate of drug-likeness (QED) is 0.686. The summed E-state index contributed by atoms with van der Waals surface area (Å²) in [6.07, 6.45) is 1.84. The fourth-order valence-electron chi connectivity index (χ4n) is 2.20. The molecule has 0 radical (unpaired) electrons. The predicted octanol–water partition coefficient (Wildman–Crippen LogP) is 4.97. The lowest BCUT2D eigenvalue weighted by Crippen LogP contribution is -1.92. The monoisotopic (exact) mass is 280 g/mol. The van der Waals surface area contributed by atoms with E-state index in [2.05, 4.69) is 66.0 Å². The summed E-state index contributed by atoms with van der Waals surface area (Å²) in [5.41, 5.74) is 4.72. The predicted molar refractivity (Wildman–Crippen MR) is 87.1 cm³/mol. The molecule has 1 N–H and O–H groups in total. The van der Waals surface area contributed by atoms with Gasteiger partial charge in [-0.25, -0.2) is 0 Å². The van der Waals surface area contributed by atoms with E-state index >= 15 is 0 Å². The van der Waals surface area contributed by atoms with Crippen LogP contribution in [0.25, 0.3) is 10.9 Å². The lowest BCUT2D eigenvalue weighted by molar-refractivity contribution is 1.35. The highest BCUT2D eigenvalue weighted by molar-refractivity contribution is 8.00. The van der Waals surface area contributed by atoms with E-state index in [0.29, 0.717) is 0 Å². The molecule has 0 amide bonds. The molecule has 0 saturated heterocycles. The van der Waals surface area contributed by atoms with Crippen molar-refractivity contribution >= 4 is 28.5 Å². The topological polar surface area (TPSA) is 24.9 Å². The Morgan fingerprint density at radius 3 is 2.70 bits per heavy atom. The van der Waals surface area contributed by atoms with Crippen LogP contribution >= 0.6 is 11.9 Å². The minimum absolute atomic E-state index is 1.04. The summed E-state index contributed by atoms with van der Waals surface area (Å²) in [6, 6.07) is 16.7. The summed E-state index contributed by atoms with van der Waals surface area (Å²) in [5.74, 6) is 0. The molecular weight excluding hydrogens is 264 g/mol. The second kappa shape index (κ2) is 5.55. The number of rotatable bonds is 3. The molecule has 0 saturated carbocycles. The highest BCUT2D eigenvalue weighted by atomic mass is 32.2. The van der Waals surface area contributed by atoms with Gasteiger partial charge in [-0.05, 0) is 49.6 Å². The summed E-state index contributed by atoms with van der Waals surface area (Å²) in [6.45, 7) is 4.23. The fraction of sp³-hybridized carbons (Fsp3) is 0.118. The summed E-state index contributed by atoms with van der Waals surface area (Å²) in [5, 5.41) is 1.17. The van der Waals surface area contributed by atoms with Gasteiger partial charge in [-0.2, -0.15) is 0 Å². The maximum absolute atomic E-state index is 4.47. The number of fused-ring (bicyclic) bond motifs is 1. The van der Waals surface area contributed by atoms with Gasteiger partial charge in [0.1, 0.15) is 0 Å². The van der Waals surface area contributed by atoms with E-state index in [-0.39, 0.29) is 0 Å². The number of para-hydroxylation sites is 1. The van der Waals surface area contributed by atoms with Crippen molar-refractivity contribution in [1.82, 2.24) is 4.98 Å². The van der Waals surface area contributed by atoms with Gasteiger partial charge in [-0.15, -0.1) is 0 Å². The average Bonchev–Trinajstić information content (AvgIpc) is 2.46. The van der Waals surface area contributed by atoms with Crippen LogP contribution in [0.15, 0.2) is 59.6 Å². The first-order valence-corrected chi connectivity index (χ1v) is 7.39. The van der Waals surface area contributed by atoms with Crippen LogP contribution in [-0.2, 0) is 0 Å². The zero-order valence-corrected chi connectivity index (χ0v) is 12.4. The number of nitrogens with zero attached hydrogens (tertiary/aromatic N) is 1. The Labute approximate surface area is 123 Å². The number of pyridine rings is 1. The lowest BCUT2D eigenvalue weighted by atomic mass is 10.1. The van der Waals surface area contributed by atoms with Crippen molar-refractivity contribution in [2.75, 3.05) is 4.72 Å². The van der Waals surface area contributed by atoms with Crippen molar-refractivity contribution in [3.8, 4) is 0 Å². The number of hydrogen-bond donors (Lipinski definition) is 1. The van der Waals surface area contributed by atoms with E-state index in [1.54, 1.807) is 11.9 Å². The highest BCUT2D eigenvalue weighted by Gasteiger charge is 2.04. The number of nitrogens with one attached hydrogen (secondary N) is 1. The maximum atomic E-state index is 4.47. The molecule has 3 heteroatoms. The van der Waals surface area contributed by atoms with Gasteiger partial charge < -0.3 is 4.72 Å². The SMILES string of the molecule is Cc1ccc(NSc2cccc3cccnc23)c(C)c1. The Morgan fingerprint density at radius 1 is 1.00 bits per heavy atom. The lowest BCUT2D eigenvalue weighted by Gasteiger charge is -2.10. The third kappa shape index (κ3) is 2.63. The van der Waals surface area contributed by atoms with Crippen molar-refractivity contribution < 1.29 is 0 Å². The number of aromatic nitrogens is 1. The van der Waals surface area contributed by atoms with E-state index in [1.165, 1.54) is 16.5 Å². The van der Waals surface area contributed by atoms with Crippen LogP contribution in [0.3, 0.4) is 0 Å². The van der Waals surface area contributed by atoms with Gasteiger partial charge in [0.25, 0.3) is 0 Å². The number of benzene rings is 2. The Bertz CT molecular complexity index is 748. The third-order valence-electron chi connectivity index (χ3n) is 3.25. The maximum Gasteiger partial charge on any atom is 0.0855 e. The summed E-state index contributed by atoms with van der Waals surface area (Å²) < 4.78 is 3.43. The molecule has 0 fully saturated rings. The Balaban J connectivity index is 1.87. The van der Waals surface area contributed by atoms with Gasteiger partial charge in [0.15, 0.2) is 0 Å². The fourth-order valence-corrected chi connectivity index (χ4v) is 3.06. The Hall–Kier alpha value is -2.00. The molecule has 2 nitrogen and oxygen atoms in total. The molecule has 0 spiro atoms. The first-order chi connectivity index (χ1) is 9.74. The molecule has 0 bridgehead atoms. The Morgan fingerprint density at radius 2 is 1.85 bits per heavy atom. The minimum atomic E-state index is 1.04. The van der Waals surface area contributed by atoms with E-state index in [0.717, 1.165) is 16.1 Å². The van der Waals surface area contributed by atoms with Crippen LogP contribution in [0, 0.1) is 13.8 Å². The molecule has 0 atom stereocenters. The minimum Gasteiger partial charge on any atom is -0.325 e. The molecule has 100 valence electrons. The van der Waals surface area contributed by atoms with Gasteiger partial charge in [0.05, 0.1) is 10.4 Å². The van der Waals surface area contributed by atoms with E-state index in [9.17, 15) is 0 Å². The van der Waals surface area contributed by atoms with Crippen molar-refractivity contribution in [2.45, 2.75) is 18.7 Å². The Kier molecular flexibility index (Phi) is 3.61. The van der Waals surface area contributed by atoms with Crippen molar-refractivity contribution in [3.63, 3.8) is 0 Å². The molecule has 0 aliphatic rings. The molecule has 2 aromatic carbocycles. The smallest absolute Gasteiger partial charge is 0.0855 e. The molecule has 0 aliphatic heterocycles. The zero-order chi connectivity index (χ0) is 13.9. The standard InChI is InChI=1S/C17H16N2S/c1-12-8-9-15(13(2)11-12)19-20-16-7-3-5-14-6-4-10-18-17(14)16/h3-11,19H,1-2H3. The molecule has 1 aromatic heterocycles. The first kappa shape index (κ1) is 13.0. The summed E-state index contributed by atoms with van der Waals surface area (Å²) >= 11 is 1.61. The van der Waals surface area contributed by atoms with Crippen molar-refractivity contribution in [1.29, 1.82) is 0 Å². The van der Waals surface area contributed by atoms with E-state index in [4.69, 9.17) is 0 Å². The second-order valence-electron chi connectivity index (χ2n) is 4.85. The highest BCUT2D eigenvalue weighted by Crippen LogP contribution is 2.28. The van der Waals surface area contributed by atoms with Gasteiger partial charge >= 0.3 is 0 Å². The van der Waals surface area contributed by atoms with Gasteiger partial charge in [-0.3, -0.25) is 4.98 Å². The number of hydrogen-bond acceptors (Lipinski definition) is 3. The average molecular weight is 280 g/mol. The molecule has 0 aliphatic carbocycles. The first-order valence-electron chi connectivity index (χ1n) is 6.58. The molecule has 3 rings (SSSR count). The molecular formula is C17H16N2S. The molecule has 3 aromatic rings. The van der Waals surface area contributed by atoms with Crippen LogP contribution in [0.4, 0.5) is 5.69 Å². The number of aryl methyl sites for hydroxylation is 2. The van der Waals surface area contributed by atoms with Crippen molar-refractivity contribution in [2.24, 2.45) is 0 Å². The van der Waals surface area contributed by atoms with E-state index < -0.39 is 0 Å². The largest absolute Gasteiger partial charge is 0.325 e. The van der Waals surface area contributed by atoms with Crippen molar-refractivity contribution in [3.05, 3.63) is 65.9 Å². The summed E-state index contributed by atoms with van der Waals surface area (Å²) in [7, 11) is 0. The van der Waals surface area contributed by atoms with Crippen LogP contribution in [0.5, 0.6) is 0 Å². The van der Waals surface area contributed by atoms with Gasteiger partial charge in [0, 0.05) is 17.3 Å².